The molecule has 1 heterocycles. The maximum atomic E-state index is 12.4. The average Bonchev–Trinajstić information content (AvgIpc) is 3.14. The van der Waals surface area contributed by atoms with Crippen LogP contribution < -0.4 is 9.50 Å². The molecule has 1 aromatic heterocycles. The first-order chi connectivity index (χ1) is 12.8. The molecule has 7 nitrogen and oxygen atoms in total. The highest BCUT2D eigenvalue weighted by Gasteiger charge is 2.21. The Morgan fingerprint density at radius 1 is 1.11 bits per heavy atom. The number of hydrogen-bond donors (Lipinski definition) is 2. The summed E-state index contributed by atoms with van der Waals surface area (Å²) in [6.45, 7) is 3.79. The number of aromatic amines is 1. The van der Waals surface area contributed by atoms with Gasteiger partial charge in [0.05, 0.1) is 6.20 Å². The van der Waals surface area contributed by atoms with E-state index in [-0.39, 0.29) is 28.2 Å². The first kappa shape index (κ1) is 18.7. The van der Waals surface area contributed by atoms with Crippen molar-refractivity contribution in [3.05, 3.63) is 72.2 Å². The summed E-state index contributed by atoms with van der Waals surface area (Å²) in [5.41, 5.74) is 0.916. The fourth-order valence-corrected chi connectivity index (χ4v) is 3.18. The van der Waals surface area contributed by atoms with Gasteiger partial charge >= 0.3 is 10.1 Å². The van der Waals surface area contributed by atoms with Crippen LogP contribution in [0.1, 0.15) is 35.9 Å². The number of aromatic nitrogens is 2. The van der Waals surface area contributed by atoms with Gasteiger partial charge in [-0.2, -0.15) is 8.42 Å². The SMILES string of the molecule is CC(C)c1ncc(S(=O)(=O)Oc2cccc(C(=O)Nc3ccccc3)c2)[nH]1. The maximum Gasteiger partial charge on any atom is 0.356 e. The molecule has 8 heteroatoms. The van der Waals surface area contributed by atoms with Crippen molar-refractivity contribution in [1.29, 1.82) is 0 Å². The van der Waals surface area contributed by atoms with E-state index < -0.39 is 10.1 Å². The lowest BCUT2D eigenvalue weighted by Crippen LogP contribution is -2.13. The molecule has 0 radical (unpaired) electrons. The van der Waals surface area contributed by atoms with Gasteiger partial charge in [0, 0.05) is 17.2 Å². The number of rotatable bonds is 6. The Hall–Kier alpha value is -3.13. The van der Waals surface area contributed by atoms with Crippen LogP contribution >= 0.6 is 0 Å². The Bertz CT molecular complexity index is 1040. The summed E-state index contributed by atoms with van der Waals surface area (Å²) >= 11 is 0. The number of nitrogens with one attached hydrogen (secondary N) is 2. The van der Waals surface area contributed by atoms with E-state index in [1.165, 1.54) is 18.3 Å². The lowest BCUT2D eigenvalue weighted by Gasteiger charge is -2.08. The number of carbonyl (C=O) groups excluding carboxylic acids is 1. The van der Waals surface area contributed by atoms with E-state index in [9.17, 15) is 13.2 Å². The summed E-state index contributed by atoms with van der Waals surface area (Å²) in [7, 11) is -4.08. The zero-order valence-corrected chi connectivity index (χ0v) is 15.7. The summed E-state index contributed by atoms with van der Waals surface area (Å²) in [5.74, 6) is 0.274. The summed E-state index contributed by atoms with van der Waals surface area (Å²) in [5, 5.41) is 2.60. The molecule has 27 heavy (non-hydrogen) atoms. The Morgan fingerprint density at radius 2 is 1.85 bits per heavy atom. The molecule has 0 fully saturated rings. The molecule has 0 aliphatic carbocycles. The second kappa shape index (κ2) is 7.63. The molecular formula is C19H19N3O4S. The maximum absolute atomic E-state index is 12.4. The number of nitrogens with zero attached hydrogens (tertiary/aromatic N) is 1. The van der Waals surface area contributed by atoms with Gasteiger partial charge < -0.3 is 14.5 Å². The van der Waals surface area contributed by atoms with Crippen molar-refractivity contribution in [3.8, 4) is 5.75 Å². The number of carbonyl (C=O) groups is 1. The molecule has 0 aliphatic rings. The van der Waals surface area contributed by atoms with E-state index in [4.69, 9.17) is 4.18 Å². The van der Waals surface area contributed by atoms with Crippen molar-refractivity contribution in [1.82, 2.24) is 9.97 Å². The molecule has 0 aliphatic heterocycles. The molecule has 1 amide bonds. The van der Waals surface area contributed by atoms with Gasteiger partial charge in [0.2, 0.25) is 0 Å². The highest BCUT2D eigenvalue weighted by Crippen LogP contribution is 2.21. The number of para-hydroxylation sites is 1. The molecule has 0 saturated heterocycles. The van der Waals surface area contributed by atoms with E-state index in [0.717, 1.165) is 0 Å². The van der Waals surface area contributed by atoms with Crippen LogP contribution in [0.2, 0.25) is 0 Å². The van der Waals surface area contributed by atoms with E-state index in [1.54, 1.807) is 36.4 Å². The van der Waals surface area contributed by atoms with Crippen LogP contribution in [0.25, 0.3) is 0 Å². The Kier molecular flexibility index (Phi) is 5.27. The number of amides is 1. The third kappa shape index (κ3) is 4.53. The molecule has 0 unspecified atom stereocenters. The predicted molar refractivity (Wildman–Crippen MR) is 101 cm³/mol. The number of hydrogen-bond acceptors (Lipinski definition) is 5. The molecule has 2 N–H and O–H groups in total. The number of imidazole rings is 1. The molecule has 0 saturated carbocycles. The molecular weight excluding hydrogens is 366 g/mol. The minimum atomic E-state index is -4.08. The van der Waals surface area contributed by atoms with Crippen LogP contribution in [0.3, 0.4) is 0 Å². The van der Waals surface area contributed by atoms with Crippen LogP contribution in [0, 0.1) is 0 Å². The molecule has 2 aromatic carbocycles. The summed E-state index contributed by atoms with van der Waals surface area (Å²) in [4.78, 5) is 19.1. The lowest BCUT2D eigenvalue weighted by molar-refractivity contribution is 0.102. The van der Waals surface area contributed by atoms with Crippen LogP contribution in [-0.4, -0.2) is 24.3 Å². The number of H-pyrrole nitrogens is 1. The molecule has 140 valence electrons. The van der Waals surface area contributed by atoms with E-state index >= 15 is 0 Å². The van der Waals surface area contributed by atoms with Crippen molar-refractivity contribution < 1.29 is 17.4 Å². The van der Waals surface area contributed by atoms with Crippen LogP contribution in [0.4, 0.5) is 5.69 Å². The van der Waals surface area contributed by atoms with Gasteiger partial charge in [0.25, 0.3) is 5.91 Å². The largest absolute Gasteiger partial charge is 0.378 e. The summed E-state index contributed by atoms with van der Waals surface area (Å²) in [6, 6.07) is 14.9. The molecule has 3 rings (SSSR count). The smallest absolute Gasteiger partial charge is 0.356 e. The molecule has 0 atom stereocenters. The fourth-order valence-electron chi connectivity index (χ4n) is 2.32. The number of anilines is 1. The highest BCUT2D eigenvalue weighted by atomic mass is 32.2. The second-order valence-electron chi connectivity index (χ2n) is 6.17. The molecule has 0 spiro atoms. The fraction of sp³-hybridized carbons (Fsp3) is 0.158. The Labute approximate surface area is 157 Å². The van der Waals surface area contributed by atoms with Gasteiger partial charge in [-0.25, -0.2) is 4.98 Å². The first-order valence-electron chi connectivity index (χ1n) is 8.31. The summed E-state index contributed by atoms with van der Waals surface area (Å²) in [6.07, 6.45) is 1.22. The zero-order chi connectivity index (χ0) is 19.4. The minimum absolute atomic E-state index is 0.0383. The molecule has 0 bridgehead atoms. The van der Waals surface area contributed by atoms with Crippen molar-refractivity contribution in [2.24, 2.45) is 0 Å². The average molecular weight is 385 g/mol. The van der Waals surface area contributed by atoms with Gasteiger partial charge in [0.15, 0.2) is 5.03 Å². The van der Waals surface area contributed by atoms with Crippen molar-refractivity contribution in [2.75, 3.05) is 5.32 Å². The topological polar surface area (TPSA) is 101 Å². The molecule has 3 aromatic rings. The summed E-state index contributed by atoms with van der Waals surface area (Å²) < 4.78 is 30.0. The van der Waals surface area contributed by atoms with E-state index in [0.29, 0.717) is 11.5 Å². The van der Waals surface area contributed by atoms with Crippen molar-refractivity contribution in [2.45, 2.75) is 24.8 Å². The van der Waals surface area contributed by atoms with Crippen LogP contribution in [0.5, 0.6) is 5.75 Å². The van der Waals surface area contributed by atoms with Gasteiger partial charge in [-0.05, 0) is 30.3 Å². The minimum Gasteiger partial charge on any atom is -0.378 e. The van der Waals surface area contributed by atoms with Gasteiger partial charge in [0.1, 0.15) is 11.6 Å². The Balaban J connectivity index is 1.77. The van der Waals surface area contributed by atoms with Gasteiger partial charge in [-0.1, -0.05) is 38.1 Å². The monoisotopic (exact) mass is 385 g/mol. The zero-order valence-electron chi connectivity index (χ0n) is 14.8. The normalized spacial score (nSPS) is 11.4. The third-order valence-electron chi connectivity index (χ3n) is 3.72. The van der Waals surface area contributed by atoms with Crippen molar-refractivity contribution in [3.63, 3.8) is 0 Å². The second-order valence-corrected chi connectivity index (χ2v) is 7.69. The third-order valence-corrected chi connectivity index (χ3v) is 4.88. The first-order valence-corrected chi connectivity index (χ1v) is 9.72. The van der Waals surface area contributed by atoms with E-state index in [2.05, 4.69) is 15.3 Å². The van der Waals surface area contributed by atoms with Crippen LogP contribution in [-0.2, 0) is 10.1 Å². The quantitative estimate of drug-likeness (QED) is 0.632. The van der Waals surface area contributed by atoms with Gasteiger partial charge in [-0.15, -0.1) is 0 Å². The standard InChI is InChI=1S/C19H19N3O4S/c1-13(2)18-20-12-17(22-18)27(24,25)26-16-10-6-7-14(11-16)19(23)21-15-8-4-3-5-9-15/h3-13H,1-2H3,(H,20,22)(H,21,23). The lowest BCUT2D eigenvalue weighted by atomic mass is 10.2. The Morgan fingerprint density at radius 3 is 2.52 bits per heavy atom. The highest BCUT2D eigenvalue weighted by molar-refractivity contribution is 7.87. The number of benzene rings is 2. The van der Waals surface area contributed by atoms with Crippen LogP contribution in [0.15, 0.2) is 65.8 Å². The van der Waals surface area contributed by atoms with Crippen molar-refractivity contribution >= 4 is 21.7 Å². The van der Waals surface area contributed by atoms with Gasteiger partial charge in [-0.3, -0.25) is 4.79 Å². The predicted octanol–water partition coefficient (Wildman–Crippen LogP) is 3.55. The van der Waals surface area contributed by atoms with E-state index in [1.807, 2.05) is 19.9 Å².